The van der Waals surface area contributed by atoms with Gasteiger partial charge in [0.05, 0.1) is 11.2 Å². The molecule has 128 valence electrons. The Balaban J connectivity index is 1.85. The molecule has 8 heteroatoms. The van der Waals surface area contributed by atoms with Crippen molar-refractivity contribution in [3.8, 4) is 0 Å². The summed E-state index contributed by atoms with van der Waals surface area (Å²) in [4.78, 5) is 28.2. The molecule has 0 aliphatic rings. The van der Waals surface area contributed by atoms with Gasteiger partial charge in [0.2, 0.25) is 5.91 Å². The lowest BCUT2D eigenvalue weighted by Crippen LogP contribution is -2.31. The van der Waals surface area contributed by atoms with E-state index in [2.05, 4.69) is 10.3 Å². The Morgan fingerprint density at radius 1 is 1.12 bits per heavy atom. The second-order valence-corrected chi connectivity index (χ2v) is 5.28. The van der Waals surface area contributed by atoms with Crippen LogP contribution in [0.2, 0.25) is 0 Å². The number of nitrogens with zero attached hydrogens (tertiary/aromatic N) is 2. The molecule has 3 aromatic rings. The summed E-state index contributed by atoms with van der Waals surface area (Å²) in [6.07, 6.45) is -2.02. The van der Waals surface area contributed by atoms with Crippen LogP contribution in [0.15, 0.2) is 59.7 Å². The van der Waals surface area contributed by atoms with Gasteiger partial charge in [0.1, 0.15) is 12.1 Å². The zero-order valence-electron chi connectivity index (χ0n) is 12.7. The topological polar surface area (TPSA) is 64.0 Å². The van der Waals surface area contributed by atoms with Crippen molar-refractivity contribution in [2.24, 2.45) is 0 Å². The van der Waals surface area contributed by atoms with E-state index in [9.17, 15) is 22.8 Å². The van der Waals surface area contributed by atoms with E-state index in [0.717, 1.165) is 16.8 Å². The molecular formula is C17H12F3N3O2. The molecule has 1 aromatic carbocycles. The fourth-order valence-electron chi connectivity index (χ4n) is 2.43. The predicted molar refractivity (Wildman–Crippen MR) is 86.1 cm³/mol. The summed E-state index contributed by atoms with van der Waals surface area (Å²) in [6.45, 7) is -0.528. The van der Waals surface area contributed by atoms with Crippen LogP contribution in [0.3, 0.4) is 0 Å². The average Bonchev–Trinajstić information content (AvgIpc) is 2.56. The van der Waals surface area contributed by atoms with Crippen molar-refractivity contribution < 1.29 is 18.0 Å². The van der Waals surface area contributed by atoms with Crippen LogP contribution < -0.4 is 10.9 Å². The normalized spacial score (nSPS) is 11.5. The zero-order chi connectivity index (χ0) is 18.0. The van der Waals surface area contributed by atoms with Crippen LogP contribution in [-0.4, -0.2) is 15.5 Å². The number of halogens is 3. The molecule has 1 amide bonds. The van der Waals surface area contributed by atoms with Crippen molar-refractivity contribution in [2.45, 2.75) is 12.7 Å². The van der Waals surface area contributed by atoms with E-state index in [1.54, 1.807) is 36.5 Å². The standard InChI is InChI=1S/C17H12F3N3O2/c18-17(19,20)12-5-3-9-23(16(12)25)10-15(24)22-14-7-1-6-13-11(14)4-2-8-21-13/h1-9H,10H2,(H,22,24). The highest BCUT2D eigenvalue weighted by Crippen LogP contribution is 2.26. The number of rotatable bonds is 3. The van der Waals surface area contributed by atoms with Gasteiger partial charge in [-0.2, -0.15) is 13.2 Å². The summed E-state index contributed by atoms with van der Waals surface area (Å²) >= 11 is 0. The quantitative estimate of drug-likeness (QED) is 0.792. The van der Waals surface area contributed by atoms with E-state index < -0.39 is 29.8 Å². The highest BCUT2D eigenvalue weighted by molar-refractivity contribution is 6.00. The number of amides is 1. The maximum atomic E-state index is 12.8. The molecule has 2 heterocycles. The largest absolute Gasteiger partial charge is 0.421 e. The number of benzene rings is 1. The Morgan fingerprint density at radius 3 is 2.68 bits per heavy atom. The van der Waals surface area contributed by atoms with E-state index in [-0.39, 0.29) is 0 Å². The fourth-order valence-corrected chi connectivity index (χ4v) is 2.43. The van der Waals surface area contributed by atoms with Crippen LogP contribution in [0.4, 0.5) is 18.9 Å². The minimum absolute atomic E-state index is 0.468. The van der Waals surface area contributed by atoms with Gasteiger partial charge in [0, 0.05) is 17.8 Å². The van der Waals surface area contributed by atoms with Gasteiger partial charge in [-0.3, -0.25) is 14.6 Å². The number of aromatic nitrogens is 2. The number of hydrogen-bond donors (Lipinski definition) is 1. The smallest absolute Gasteiger partial charge is 0.324 e. The molecular weight excluding hydrogens is 335 g/mol. The molecule has 0 atom stereocenters. The van der Waals surface area contributed by atoms with Crippen LogP contribution in [-0.2, 0) is 17.5 Å². The van der Waals surface area contributed by atoms with Gasteiger partial charge < -0.3 is 9.88 Å². The van der Waals surface area contributed by atoms with Crippen LogP contribution >= 0.6 is 0 Å². The number of anilines is 1. The van der Waals surface area contributed by atoms with Crippen LogP contribution in [0, 0.1) is 0 Å². The monoisotopic (exact) mass is 347 g/mol. The number of hydrogen-bond acceptors (Lipinski definition) is 3. The second kappa shape index (κ2) is 6.39. The Labute approximate surface area is 139 Å². The molecule has 0 saturated carbocycles. The lowest BCUT2D eigenvalue weighted by Gasteiger charge is -2.11. The average molecular weight is 347 g/mol. The molecule has 5 nitrogen and oxygen atoms in total. The maximum Gasteiger partial charge on any atom is 0.421 e. The Hall–Kier alpha value is -3.16. The Bertz CT molecular complexity index is 991. The molecule has 0 aliphatic heterocycles. The molecule has 3 rings (SSSR count). The SMILES string of the molecule is O=C(Cn1cccc(C(F)(F)F)c1=O)Nc1cccc2ncccc12. The van der Waals surface area contributed by atoms with Crippen molar-refractivity contribution in [2.75, 3.05) is 5.32 Å². The zero-order valence-corrected chi connectivity index (χ0v) is 12.7. The lowest BCUT2D eigenvalue weighted by atomic mass is 10.2. The number of nitrogens with one attached hydrogen (secondary N) is 1. The molecule has 0 aliphatic carbocycles. The summed E-state index contributed by atoms with van der Waals surface area (Å²) in [5.74, 6) is -0.613. The summed E-state index contributed by atoms with van der Waals surface area (Å²) < 4.78 is 39.0. The Morgan fingerprint density at radius 2 is 1.92 bits per heavy atom. The molecule has 0 radical (unpaired) electrons. The molecule has 0 unspecified atom stereocenters. The van der Waals surface area contributed by atoms with E-state index in [0.29, 0.717) is 22.7 Å². The first kappa shape index (κ1) is 16.7. The molecule has 0 saturated heterocycles. The molecule has 0 bridgehead atoms. The third-order valence-electron chi connectivity index (χ3n) is 3.56. The highest BCUT2D eigenvalue weighted by atomic mass is 19.4. The van der Waals surface area contributed by atoms with Gasteiger partial charge in [0.25, 0.3) is 5.56 Å². The van der Waals surface area contributed by atoms with Gasteiger partial charge in [-0.25, -0.2) is 0 Å². The van der Waals surface area contributed by atoms with Crippen LogP contribution in [0.5, 0.6) is 0 Å². The molecule has 0 spiro atoms. The van der Waals surface area contributed by atoms with E-state index >= 15 is 0 Å². The number of pyridine rings is 2. The second-order valence-electron chi connectivity index (χ2n) is 5.28. The molecule has 25 heavy (non-hydrogen) atoms. The van der Waals surface area contributed by atoms with Crippen LogP contribution in [0.1, 0.15) is 5.56 Å². The number of fused-ring (bicyclic) bond motifs is 1. The fraction of sp³-hybridized carbons (Fsp3) is 0.118. The third kappa shape index (κ3) is 3.52. The first-order chi connectivity index (χ1) is 11.9. The van der Waals surface area contributed by atoms with E-state index in [1.165, 1.54) is 0 Å². The lowest BCUT2D eigenvalue weighted by molar-refractivity contribution is -0.139. The minimum atomic E-state index is -4.77. The number of carbonyl (C=O) groups is 1. The summed E-state index contributed by atoms with van der Waals surface area (Å²) in [6, 6.07) is 10.3. The first-order valence-corrected chi connectivity index (χ1v) is 7.26. The minimum Gasteiger partial charge on any atom is -0.324 e. The summed E-state index contributed by atoms with van der Waals surface area (Å²) in [5, 5.41) is 3.29. The summed E-state index contributed by atoms with van der Waals surface area (Å²) in [5.41, 5.74) is -1.44. The van der Waals surface area contributed by atoms with Gasteiger partial charge in [0.15, 0.2) is 0 Å². The van der Waals surface area contributed by atoms with Crippen molar-refractivity contribution >= 4 is 22.5 Å². The molecule has 0 fully saturated rings. The first-order valence-electron chi connectivity index (χ1n) is 7.26. The molecule has 1 N–H and O–H groups in total. The molecule has 2 aromatic heterocycles. The number of carbonyl (C=O) groups excluding carboxylic acids is 1. The maximum absolute atomic E-state index is 12.8. The van der Waals surface area contributed by atoms with Crippen molar-refractivity contribution in [3.63, 3.8) is 0 Å². The van der Waals surface area contributed by atoms with Gasteiger partial charge in [-0.1, -0.05) is 6.07 Å². The van der Waals surface area contributed by atoms with Crippen molar-refractivity contribution in [1.82, 2.24) is 9.55 Å². The van der Waals surface area contributed by atoms with Gasteiger partial charge in [-0.15, -0.1) is 0 Å². The Kier molecular flexibility index (Phi) is 4.26. The van der Waals surface area contributed by atoms with Gasteiger partial charge in [-0.05, 0) is 36.4 Å². The third-order valence-corrected chi connectivity index (χ3v) is 3.56. The van der Waals surface area contributed by atoms with E-state index in [1.807, 2.05) is 0 Å². The summed E-state index contributed by atoms with van der Waals surface area (Å²) in [7, 11) is 0. The number of alkyl halides is 3. The highest BCUT2D eigenvalue weighted by Gasteiger charge is 2.34. The van der Waals surface area contributed by atoms with E-state index in [4.69, 9.17) is 0 Å². The van der Waals surface area contributed by atoms with Gasteiger partial charge >= 0.3 is 6.18 Å². The predicted octanol–water partition coefficient (Wildman–Crippen LogP) is 3.05. The van der Waals surface area contributed by atoms with Crippen LogP contribution in [0.25, 0.3) is 10.9 Å². The van der Waals surface area contributed by atoms with Crippen molar-refractivity contribution in [1.29, 1.82) is 0 Å². The van der Waals surface area contributed by atoms with Crippen molar-refractivity contribution in [3.05, 3.63) is 70.8 Å².